The number of carboxylic acid groups (broad SMARTS) is 1. The van der Waals surface area contributed by atoms with Crippen LogP contribution >= 0.6 is 0 Å². The highest BCUT2D eigenvalue weighted by Gasteiger charge is 2.28. The molecule has 8 nitrogen and oxygen atoms in total. The van der Waals surface area contributed by atoms with E-state index in [2.05, 4.69) is 10.0 Å². The van der Waals surface area contributed by atoms with Gasteiger partial charge in [-0.1, -0.05) is 13.0 Å². The molecule has 0 aliphatic carbocycles. The molecule has 140 valence electrons. The van der Waals surface area contributed by atoms with Crippen molar-refractivity contribution in [1.29, 1.82) is 0 Å². The summed E-state index contributed by atoms with van der Waals surface area (Å²) in [5.41, 5.74) is -0.784. The van der Waals surface area contributed by atoms with E-state index in [-0.39, 0.29) is 30.0 Å². The fourth-order valence-corrected chi connectivity index (χ4v) is 3.16. The molecule has 1 amide bonds. The van der Waals surface area contributed by atoms with E-state index >= 15 is 0 Å². The van der Waals surface area contributed by atoms with E-state index in [1.54, 1.807) is 13.8 Å². The average molecular weight is 372 g/mol. The fourth-order valence-electron chi connectivity index (χ4n) is 2.10. The van der Waals surface area contributed by atoms with Crippen LogP contribution < -0.4 is 10.0 Å². The van der Waals surface area contributed by atoms with Crippen molar-refractivity contribution in [2.75, 3.05) is 20.3 Å². The Morgan fingerprint density at radius 1 is 1.32 bits per heavy atom. The Balaban J connectivity index is 2.96. The van der Waals surface area contributed by atoms with Crippen LogP contribution in [-0.2, 0) is 19.6 Å². The quantitative estimate of drug-likeness (QED) is 0.527. The Morgan fingerprint density at radius 2 is 2.00 bits per heavy atom. The van der Waals surface area contributed by atoms with E-state index < -0.39 is 27.4 Å². The summed E-state index contributed by atoms with van der Waals surface area (Å²) in [6, 6.07) is 5.56. The third-order valence-corrected chi connectivity index (χ3v) is 5.20. The monoisotopic (exact) mass is 372 g/mol. The number of carbonyl (C=O) groups is 2. The number of carbonyl (C=O) groups excluding carboxylic acids is 1. The Kier molecular flexibility index (Phi) is 7.53. The van der Waals surface area contributed by atoms with Gasteiger partial charge in [0.05, 0.1) is 17.9 Å². The van der Waals surface area contributed by atoms with E-state index in [4.69, 9.17) is 9.84 Å². The highest BCUT2D eigenvalue weighted by atomic mass is 32.2. The lowest BCUT2D eigenvalue weighted by Crippen LogP contribution is -2.47. The minimum atomic E-state index is -3.76. The second-order valence-electron chi connectivity index (χ2n) is 5.86. The molecule has 0 unspecified atom stereocenters. The predicted octanol–water partition coefficient (Wildman–Crippen LogP) is 0.985. The third kappa shape index (κ3) is 6.45. The molecular formula is C16H24N2O6S. The van der Waals surface area contributed by atoms with E-state index in [0.717, 1.165) is 0 Å². The maximum Gasteiger partial charge on any atom is 0.305 e. The molecule has 25 heavy (non-hydrogen) atoms. The SMILES string of the molecule is CC[C@@](C)(CC(=O)O)NC(=O)c1cccc(S(=O)(=O)NCCOC)c1. The molecule has 1 aromatic carbocycles. The van der Waals surface area contributed by atoms with Crippen LogP contribution in [0.5, 0.6) is 0 Å². The maximum absolute atomic E-state index is 12.4. The number of amides is 1. The highest BCUT2D eigenvalue weighted by molar-refractivity contribution is 7.89. The van der Waals surface area contributed by atoms with Gasteiger partial charge < -0.3 is 15.2 Å². The summed E-state index contributed by atoms with van der Waals surface area (Å²) in [4.78, 5) is 23.3. The largest absolute Gasteiger partial charge is 0.481 e. The van der Waals surface area contributed by atoms with Crippen molar-refractivity contribution < 1.29 is 27.9 Å². The normalized spacial score (nSPS) is 13.9. The lowest BCUT2D eigenvalue weighted by molar-refractivity contribution is -0.138. The zero-order valence-electron chi connectivity index (χ0n) is 14.5. The average Bonchev–Trinajstić information content (AvgIpc) is 2.54. The van der Waals surface area contributed by atoms with Crippen molar-refractivity contribution in [1.82, 2.24) is 10.0 Å². The van der Waals surface area contributed by atoms with E-state index in [1.807, 2.05) is 0 Å². The summed E-state index contributed by atoms with van der Waals surface area (Å²) >= 11 is 0. The van der Waals surface area contributed by atoms with E-state index in [0.29, 0.717) is 6.42 Å². The Hall–Kier alpha value is -1.97. The summed E-state index contributed by atoms with van der Waals surface area (Å²) in [6.45, 7) is 3.74. The van der Waals surface area contributed by atoms with Gasteiger partial charge in [-0.15, -0.1) is 0 Å². The number of aliphatic carboxylic acids is 1. The number of ether oxygens (including phenoxy) is 1. The smallest absolute Gasteiger partial charge is 0.305 e. The number of sulfonamides is 1. The minimum Gasteiger partial charge on any atom is -0.481 e. The first-order valence-corrected chi connectivity index (χ1v) is 9.25. The molecule has 0 fully saturated rings. The van der Waals surface area contributed by atoms with Gasteiger partial charge in [0.1, 0.15) is 0 Å². The summed E-state index contributed by atoms with van der Waals surface area (Å²) < 4.78 is 31.5. The van der Waals surface area contributed by atoms with Crippen molar-refractivity contribution in [2.24, 2.45) is 0 Å². The van der Waals surface area contributed by atoms with E-state index in [9.17, 15) is 18.0 Å². The Morgan fingerprint density at radius 3 is 2.56 bits per heavy atom. The summed E-state index contributed by atoms with van der Waals surface area (Å²) in [6.07, 6.45) is 0.188. The van der Waals surface area contributed by atoms with Crippen molar-refractivity contribution in [3.05, 3.63) is 29.8 Å². The second kappa shape index (κ2) is 8.93. The Labute approximate surface area is 147 Å². The molecule has 0 saturated heterocycles. The number of hydrogen-bond acceptors (Lipinski definition) is 5. The first-order valence-electron chi connectivity index (χ1n) is 7.76. The fraction of sp³-hybridized carbons (Fsp3) is 0.500. The molecule has 1 atom stereocenters. The van der Waals surface area contributed by atoms with Gasteiger partial charge in [0.25, 0.3) is 5.91 Å². The molecule has 3 N–H and O–H groups in total. The van der Waals surface area contributed by atoms with Gasteiger partial charge in [-0.25, -0.2) is 13.1 Å². The van der Waals surface area contributed by atoms with Crippen LogP contribution in [0.25, 0.3) is 0 Å². The molecule has 0 aromatic heterocycles. The predicted molar refractivity (Wildman–Crippen MR) is 91.9 cm³/mol. The standard InChI is InChI=1S/C16H24N2O6S/c1-4-16(2,11-14(19)20)18-15(21)12-6-5-7-13(10-12)25(22,23)17-8-9-24-3/h5-7,10,17H,4,8-9,11H2,1-3H3,(H,18,21)(H,19,20)/t16-/m0/s1. The van der Waals surface area contributed by atoms with Gasteiger partial charge in [-0.05, 0) is 31.5 Å². The first kappa shape index (κ1) is 21.1. The van der Waals surface area contributed by atoms with Crippen LogP contribution in [-0.4, -0.2) is 51.2 Å². The highest BCUT2D eigenvalue weighted by Crippen LogP contribution is 2.17. The molecule has 0 heterocycles. The van der Waals surface area contributed by atoms with Gasteiger partial charge in [0.15, 0.2) is 0 Å². The lowest BCUT2D eigenvalue weighted by Gasteiger charge is -2.28. The molecule has 1 rings (SSSR count). The zero-order chi connectivity index (χ0) is 19.1. The summed E-state index contributed by atoms with van der Waals surface area (Å²) in [5.74, 6) is -1.55. The zero-order valence-corrected chi connectivity index (χ0v) is 15.4. The second-order valence-corrected chi connectivity index (χ2v) is 7.62. The maximum atomic E-state index is 12.4. The number of methoxy groups -OCH3 is 1. The molecule has 0 aliphatic heterocycles. The third-order valence-electron chi connectivity index (χ3n) is 3.74. The topological polar surface area (TPSA) is 122 Å². The van der Waals surface area contributed by atoms with Crippen molar-refractivity contribution in [3.63, 3.8) is 0 Å². The van der Waals surface area contributed by atoms with Crippen LogP contribution in [0, 0.1) is 0 Å². The molecular weight excluding hydrogens is 348 g/mol. The lowest BCUT2D eigenvalue weighted by atomic mass is 9.94. The molecule has 0 radical (unpaired) electrons. The van der Waals surface area contributed by atoms with Crippen molar-refractivity contribution in [2.45, 2.75) is 37.1 Å². The van der Waals surface area contributed by atoms with Crippen LogP contribution in [0.4, 0.5) is 0 Å². The number of nitrogens with one attached hydrogen (secondary N) is 2. The van der Waals surface area contributed by atoms with Gasteiger partial charge >= 0.3 is 5.97 Å². The summed E-state index contributed by atoms with van der Waals surface area (Å²) in [5, 5.41) is 11.6. The number of carboxylic acids is 1. The first-order chi connectivity index (χ1) is 11.6. The number of hydrogen-bond donors (Lipinski definition) is 3. The van der Waals surface area contributed by atoms with Crippen LogP contribution in [0.15, 0.2) is 29.2 Å². The molecule has 1 aromatic rings. The molecule has 9 heteroatoms. The van der Waals surface area contributed by atoms with Gasteiger partial charge in [-0.2, -0.15) is 0 Å². The van der Waals surface area contributed by atoms with Gasteiger partial charge in [0.2, 0.25) is 10.0 Å². The van der Waals surface area contributed by atoms with Crippen molar-refractivity contribution >= 4 is 21.9 Å². The van der Waals surface area contributed by atoms with Gasteiger partial charge in [0, 0.05) is 24.8 Å². The number of rotatable bonds is 10. The van der Waals surface area contributed by atoms with Crippen LogP contribution in [0.3, 0.4) is 0 Å². The Bertz CT molecular complexity index is 719. The van der Waals surface area contributed by atoms with Crippen LogP contribution in [0.2, 0.25) is 0 Å². The molecule has 0 aliphatic rings. The van der Waals surface area contributed by atoms with E-state index in [1.165, 1.54) is 31.4 Å². The number of benzene rings is 1. The molecule has 0 saturated carbocycles. The molecule has 0 spiro atoms. The minimum absolute atomic E-state index is 0.0484. The summed E-state index contributed by atoms with van der Waals surface area (Å²) in [7, 11) is -2.30. The molecule has 0 bridgehead atoms. The van der Waals surface area contributed by atoms with Gasteiger partial charge in [-0.3, -0.25) is 9.59 Å². The van der Waals surface area contributed by atoms with Crippen LogP contribution in [0.1, 0.15) is 37.0 Å². The van der Waals surface area contributed by atoms with Crippen molar-refractivity contribution in [3.8, 4) is 0 Å².